The van der Waals surface area contributed by atoms with Crippen LogP contribution >= 0.6 is 0 Å². The molecular weight excluding hydrogens is 236 g/mol. The van der Waals surface area contributed by atoms with Gasteiger partial charge in [0.05, 0.1) is 6.61 Å². The lowest BCUT2D eigenvalue weighted by Crippen LogP contribution is -2.43. The van der Waals surface area contributed by atoms with Crippen molar-refractivity contribution in [3.63, 3.8) is 0 Å². The van der Waals surface area contributed by atoms with Crippen LogP contribution in [0.15, 0.2) is 12.7 Å². The molecule has 0 saturated carbocycles. The number of hydrogen-bond donors (Lipinski definition) is 2. The molecule has 2 amide bonds. The van der Waals surface area contributed by atoms with Crippen molar-refractivity contribution in [3.8, 4) is 0 Å². The van der Waals surface area contributed by atoms with Crippen LogP contribution in [0.3, 0.4) is 0 Å². The van der Waals surface area contributed by atoms with Gasteiger partial charge in [-0.3, -0.25) is 4.79 Å². The Bertz CT molecular complexity index is 279. The first kappa shape index (κ1) is 16.4. The molecule has 0 radical (unpaired) electrons. The molecule has 0 saturated heterocycles. The zero-order chi connectivity index (χ0) is 14.0. The molecule has 104 valence electrons. The molecule has 18 heavy (non-hydrogen) atoms. The topological polar surface area (TPSA) is 78.9 Å². The van der Waals surface area contributed by atoms with E-state index in [-0.39, 0.29) is 13.1 Å². The average molecular weight is 258 g/mol. The molecule has 0 unspecified atom stereocenters. The van der Waals surface area contributed by atoms with Crippen LogP contribution in [0.5, 0.6) is 0 Å². The van der Waals surface area contributed by atoms with Crippen LogP contribution in [0.25, 0.3) is 0 Å². The maximum absolute atomic E-state index is 11.6. The van der Waals surface area contributed by atoms with E-state index in [0.29, 0.717) is 25.7 Å². The molecule has 6 heteroatoms. The Morgan fingerprint density at radius 2 is 2.17 bits per heavy atom. The fraction of sp³-hybridized carbons (Fsp3) is 0.667. The number of aliphatic carboxylic acids is 1. The minimum absolute atomic E-state index is 0.199. The van der Waals surface area contributed by atoms with Crippen LogP contribution in [0.4, 0.5) is 4.79 Å². The maximum atomic E-state index is 11.6. The fourth-order valence-electron chi connectivity index (χ4n) is 1.20. The van der Waals surface area contributed by atoms with Gasteiger partial charge >= 0.3 is 12.0 Å². The summed E-state index contributed by atoms with van der Waals surface area (Å²) in [5, 5.41) is 11.2. The Morgan fingerprint density at radius 1 is 1.50 bits per heavy atom. The van der Waals surface area contributed by atoms with Crippen LogP contribution in [-0.4, -0.2) is 54.9 Å². The Morgan fingerprint density at radius 3 is 2.67 bits per heavy atom. The van der Waals surface area contributed by atoms with Gasteiger partial charge in [0.25, 0.3) is 0 Å². The monoisotopic (exact) mass is 258 g/mol. The van der Waals surface area contributed by atoms with Crippen molar-refractivity contribution in [2.24, 2.45) is 5.92 Å². The van der Waals surface area contributed by atoms with Crippen molar-refractivity contribution in [1.82, 2.24) is 10.2 Å². The molecule has 0 aromatic rings. The van der Waals surface area contributed by atoms with Crippen molar-refractivity contribution in [2.75, 3.05) is 32.8 Å². The molecule has 0 rings (SSSR count). The number of carboxylic acids is 1. The van der Waals surface area contributed by atoms with Crippen LogP contribution in [-0.2, 0) is 9.53 Å². The third-order valence-electron chi connectivity index (χ3n) is 1.94. The summed E-state index contributed by atoms with van der Waals surface area (Å²) < 4.78 is 5.30. The fourth-order valence-corrected chi connectivity index (χ4v) is 1.20. The van der Waals surface area contributed by atoms with Gasteiger partial charge in [-0.25, -0.2) is 4.79 Å². The number of carbonyl (C=O) groups is 2. The molecule has 2 N–H and O–H groups in total. The summed E-state index contributed by atoms with van der Waals surface area (Å²) in [5.74, 6) is -0.604. The molecule has 0 aliphatic carbocycles. The number of urea groups is 1. The maximum Gasteiger partial charge on any atom is 0.323 e. The van der Waals surface area contributed by atoms with Crippen LogP contribution < -0.4 is 5.32 Å². The predicted molar refractivity (Wildman–Crippen MR) is 68.5 cm³/mol. The summed E-state index contributed by atoms with van der Waals surface area (Å²) >= 11 is 0. The summed E-state index contributed by atoms with van der Waals surface area (Å²) in [6.45, 7) is 8.83. The third-order valence-corrected chi connectivity index (χ3v) is 1.94. The van der Waals surface area contributed by atoms with Crippen LogP contribution in [0.1, 0.15) is 13.8 Å². The van der Waals surface area contributed by atoms with Gasteiger partial charge in [-0.2, -0.15) is 0 Å². The second kappa shape index (κ2) is 9.47. The minimum Gasteiger partial charge on any atom is -0.480 e. The van der Waals surface area contributed by atoms with Gasteiger partial charge < -0.3 is 20.1 Å². The highest BCUT2D eigenvalue weighted by Crippen LogP contribution is 1.92. The Balaban J connectivity index is 3.88. The second-order valence-electron chi connectivity index (χ2n) is 4.26. The second-order valence-corrected chi connectivity index (χ2v) is 4.26. The van der Waals surface area contributed by atoms with E-state index in [1.165, 1.54) is 6.08 Å². The lowest BCUT2D eigenvalue weighted by atomic mass is 10.2. The molecule has 0 atom stereocenters. The molecule has 0 spiro atoms. The summed E-state index contributed by atoms with van der Waals surface area (Å²) in [4.78, 5) is 23.3. The van der Waals surface area contributed by atoms with Gasteiger partial charge in [-0.15, -0.1) is 6.58 Å². The SMILES string of the molecule is C=CCN(CC(=O)O)C(=O)NCCOCC(C)C. The molecule has 0 aliphatic rings. The minimum atomic E-state index is -1.05. The van der Waals surface area contributed by atoms with Gasteiger partial charge in [0.1, 0.15) is 6.54 Å². The van der Waals surface area contributed by atoms with Crippen LogP contribution in [0.2, 0.25) is 0 Å². The van der Waals surface area contributed by atoms with E-state index in [9.17, 15) is 9.59 Å². The number of rotatable bonds is 9. The normalized spacial score (nSPS) is 10.2. The molecule has 0 heterocycles. The van der Waals surface area contributed by atoms with Crippen molar-refractivity contribution in [2.45, 2.75) is 13.8 Å². The number of carboxylic acid groups (broad SMARTS) is 1. The highest BCUT2D eigenvalue weighted by atomic mass is 16.5. The Hall–Kier alpha value is -1.56. The quantitative estimate of drug-likeness (QED) is 0.476. The van der Waals surface area contributed by atoms with E-state index in [4.69, 9.17) is 9.84 Å². The smallest absolute Gasteiger partial charge is 0.323 e. The summed E-state index contributed by atoms with van der Waals surface area (Å²) in [6.07, 6.45) is 1.48. The molecule has 0 aromatic carbocycles. The van der Waals surface area contributed by atoms with Crippen molar-refractivity contribution >= 4 is 12.0 Å². The number of carbonyl (C=O) groups excluding carboxylic acids is 1. The highest BCUT2D eigenvalue weighted by molar-refractivity contribution is 5.80. The molecular formula is C12H22N2O4. The summed E-state index contributed by atoms with van der Waals surface area (Å²) in [6, 6.07) is -0.426. The largest absolute Gasteiger partial charge is 0.480 e. The number of ether oxygens (including phenoxy) is 1. The van der Waals surface area contributed by atoms with Gasteiger partial charge in [0.15, 0.2) is 0 Å². The van der Waals surface area contributed by atoms with E-state index in [0.717, 1.165) is 4.90 Å². The van der Waals surface area contributed by atoms with Crippen molar-refractivity contribution in [3.05, 3.63) is 12.7 Å². The first-order chi connectivity index (χ1) is 8.47. The van der Waals surface area contributed by atoms with Gasteiger partial charge in [0.2, 0.25) is 0 Å². The van der Waals surface area contributed by atoms with Crippen molar-refractivity contribution in [1.29, 1.82) is 0 Å². The Labute approximate surface area is 108 Å². The van der Waals surface area contributed by atoms with Gasteiger partial charge in [-0.05, 0) is 5.92 Å². The summed E-state index contributed by atoms with van der Waals surface area (Å²) in [7, 11) is 0. The Kier molecular flexibility index (Phi) is 8.65. The number of nitrogens with one attached hydrogen (secondary N) is 1. The molecule has 0 bridgehead atoms. The van der Waals surface area contributed by atoms with Gasteiger partial charge in [0, 0.05) is 19.7 Å². The predicted octanol–water partition coefficient (Wildman–Crippen LogP) is 0.941. The summed E-state index contributed by atoms with van der Waals surface area (Å²) in [5.41, 5.74) is 0. The zero-order valence-electron chi connectivity index (χ0n) is 11.0. The van der Waals surface area contributed by atoms with E-state index in [2.05, 4.69) is 11.9 Å². The van der Waals surface area contributed by atoms with Gasteiger partial charge in [-0.1, -0.05) is 19.9 Å². The molecule has 0 fully saturated rings. The average Bonchev–Trinajstić information content (AvgIpc) is 2.26. The first-order valence-electron chi connectivity index (χ1n) is 5.90. The standard InChI is InChI=1S/C12H22N2O4/c1-4-6-14(8-11(15)16)12(17)13-5-7-18-9-10(2)3/h4,10H,1,5-9H2,2-3H3,(H,13,17)(H,15,16). The lowest BCUT2D eigenvalue weighted by Gasteiger charge is -2.19. The van der Waals surface area contributed by atoms with E-state index in [1.54, 1.807) is 0 Å². The van der Waals surface area contributed by atoms with Crippen LogP contribution in [0, 0.1) is 5.92 Å². The lowest BCUT2D eigenvalue weighted by molar-refractivity contribution is -0.137. The first-order valence-corrected chi connectivity index (χ1v) is 5.90. The molecule has 0 aromatic heterocycles. The molecule has 0 aliphatic heterocycles. The number of nitrogens with zero attached hydrogens (tertiary/aromatic N) is 1. The van der Waals surface area contributed by atoms with E-state index in [1.807, 2.05) is 13.8 Å². The molecule has 6 nitrogen and oxygen atoms in total. The third kappa shape index (κ3) is 8.58. The van der Waals surface area contributed by atoms with E-state index < -0.39 is 12.0 Å². The number of hydrogen-bond acceptors (Lipinski definition) is 3. The van der Waals surface area contributed by atoms with Crippen molar-refractivity contribution < 1.29 is 19.4 Å². The highest BCUT2D eigenvalue weighted by Gasteiger charge is 2.14. The van der Waals surface area contributed by atoms with E-state index >= 15 is 0 Å². The number of amides is 2. The zero-order valence-corrected chi connectivity index (χ0v) is 11.0.